The highest BCUT2D eigenvalue weighted by atomic mass is 16.5. The second-order valence-electron chi connectivity index (χ2n) is 7.39. The van der Waals surface area contributed by atoms with Crippen molar-refractivity contribution in [3.8, 4) is 5.75 Å². The number of allylic oxidation sites excluding steroid dienone is 1. The zero-order chi connectivity index (χ0) is 18.5. The van der Waals surface area contributed by atoms with E-state index in [0.717, 1.165) is 23.6 Å². The molecule has 2 aromatic carbocycles. The quantitative estimate of drug-likeness (QED) is 0.582. The van der Waals surface area contributed by atoms with Crippen LogP contribution in [0.15, 0.2) is 58.7 Å². The fourth-order valence-corrected chi connectivity index (χ4v) is 3.38. The first-order valence-electron chi connectivity index (χ1n) is 9.56. The van der Waals surface area contributed by atoms with E-state index in [-0.39, 0.29) is 0 Å². The van der Waals surface area contributed by atoms with Crippen molar-refractivity contribution in [3.63, 3.8) is 0 Å². The molecule has 2 aromatic rings. The van der Waals surface area contributed by atoms with Gasteiger partial charge in [0.1, 0.15) is 5.75 Å². The summed E-state index contributed by atoms with van der Waals surface area (Å²) in [4.78, 5) is 4.88. The SMILES string of the molecule is CC(=NC(CCOc1ccc2c(c1)CCC2)=C(C)C)c1ccc(C)cc1. The van der Waals surface area contributed by atoms with Gasteiger partial charge in [0.05, 0.1) is 6.61 Å². The summed E-state index contributed by atoms with van der Waals surface area (Å²) in [5, 5.41) is 0. The predicted molar refractivity (Wildman–Crippen MR) is 110 cm³/mol. The monoisotopic (exact) mass is 347 g/mol. The van der Waals surface area contributed by atoms with Gasteiger partial charge in [0.2, 0.25) is 0 Å². The average Bonchev–Trinajstić information content (AvgIpc) is 3.09. The molecule has 2 nitrogen and oxygen atoms in total. The van der Waals surface area contributed by atoms with Crippen molar-refractivity contribution < 1.29 is 4.74 Å². The van der Waals surface area contributed by atoms with Crippen molar-refractivity contribution in [1.29, 1.82) is 0 Å². The Bertz CT molecular complexity index is 824. The highest BCUT2D eigenvalue weighted by Gasteiger charge is 2.11. The van der Waals surface area contributed by atoms with Gasteiger partial charge < -0.3 is 4.74 Å². The first-order chi connectivity index (χ1) is 12.5. The second kappa shape index (κ2) is 8.35. The van der Waals surface area contributed by atoms with Gasteiger partial charge in [0.25, 0.3) is 0 Å². The molecule has 0 saturated heterocycles. The second-order valence-corrected chi connectivity index (χ2v) is 7.39. The van der Waals surface area contributed by atoms with Gasteiger partial charge >= 0.3 is 0 Å². The van der Waals surface area contributed by atoms with Gasteiger partial charge in [-0.15, -0.1) is 0 Å². The largest absolute Gasteiger partial charge is 0.493 e. The van der Waals surface area contributed by atoms with Crippen molar-refractivity contribution in [2.75, 3.05) is 6.61 Å². The number of aryl methyl sites for hydroxylation is 3. The minimum Gasteiger partial charge on any atom is -0.493 e. The summed E-state index contributed by atoms with van der Waals surface area (Å²) in [7, 11) is 0. The molecule has 26 heavy (non-hydrogen) atoms. The molecule has 0 fully saturated rings. The van der Waals surface area contributed by atoms with E-state index in [1.54, 1.807) is 0 Å². The van der Waals surface area contributed by atoms with Crippen LogP contribution in [0.1, 0.15) is 55.9 Å². The van der Waals surface area contributed by atoms with Crippen LogP contribution in [0.3, 0.4) is 0 Å². The Morgan fingerprint density at radius 3 is 2.42 bits per heavy atom. The fraction of sp³-hybridized carbons (Fsp3) is 0.375. The van der Waals surface area contributed by atoms with Gasteiger partial charge in [-0.1, -0.05) is 41.5 Å². The van der Waals surface area contributed by atoms with Gasteiger partial charge in [-0.3, -0.25) is 4.99 Å². The van der Waals surface area contributed by atoms with E-state index in [0.29, 0.717) is 6.61 Å². The zero-order valence-electron chi connectivity index (χ0n) is 16.4. The molecule has 2 heteroatoms. The number of aliphatic imine (C=N–C) groups is 1. The van der Waals surface area contributed by atoms with Gasteiger partial charge in [0, 0.05) is 17.8 Å². The smallest absolute Gasteiger partial charge is 0.119 e. The van der Waals surface area contributed by atoms with Gasteiger partial charge in [-0.05, 0) is 75.8 Å². The molecule has 0 aliphatic heterocycles. The zero-order valence-corrected chi connectivity index (χ0v) is 16.4. The molecule has 0 radical (unpaired) electrons. The van der Waals surface area contributed by atoms with Crippen molar-refractivity contribution in [2.45, 2.75) is 53.4 Å². The van der Waals surface area contributed by atoms with Crippen LogP contribution >= 0.6 is 0 Å². The highest BCUT2D eigenvalue weighted by molar-refractivity contribution is 5.99. The van der Waals surface area contributed by atoms with Gasteiger partial charge in [-0.2, -0.15) is 0 Å². The maximum atomic E-state index is 6.01. The lowest BCUT2D eigenvalue weighted by Crippen LogP contribution is -2.02. The Hall–Kier alpha value is -2.35. The molecule has 0 atom stereocenters. The number of hydrogen-bond donors (Lipinski definition) is 0. The minimum absolute atomic E-state index is 0.657. The van der Waals surface area contributed by atoms with E-state index in [1.807, 2.05) is 0 Å². The molecular weight excluding hydrogens is 318 g/mol. The normalized spacial score (nSPS) is 13.5. The van der Waals surface area contributed by atoms with Crippen LogP contribution < -0.4 is 4.74 Å². The summed E-state index contributed by atoms with van der Waals surface area (Å²) in [5.74, 6) is 0.984. The molecule has 0 aromatic heterocycles. The van der Waals surface area contributed by atoms with Crippen LogP contribution in [0.5, 0.6) is 5.75 Å². The van der Waals surface area contributed by atoms with E-state index in [2.05, 4.69) is 70.2 Å². The van der Waals surface area contributed by atoms with E-state index in [1.165, 1.54) is 47.1 Å². The Balaban J connectivity index is 1.63. The summed E-state index contributed by atoms with van der Waals surface area (Å²) in [6.07, 6.45) is 4.49. The minimum atomic E-state index is 0.657. The number of rotatable bonds is 6. The summed E-state index contributed by atoms with van der Waals surface area (Å²) >= 11 is 0. The number of benzene rings is 2. The third kappa shape index (κ3) is 4.63. The van der Waals surface area contributed by atoms with E-state index in [4.69, 9.17) is 9.73 Å². The molecule has 0 N–H and O–H groups in total. The Kier molecular flexibility index (Phi) is 5.92. The van der Waals surface area contributed by atoms with E-state index >= 15 is 0 Å². The topological polar surface area (TPSA) is 21.6 Å². The molecule has 1 aliphatic rings. The first-order valence-corrected chi connectivity index (χ1v) is 9.56. The lowest BCUT2D eigenvalue weighted by atomic mass is 10.1. The van der Waals surface area contributed by atoms with Crippen LogP contribution in [0, 0.1) is 6.92 Å². The number of hydrogen-bond acceptors (Lipinski definition) is 2. The average molecular weight is 348 g/mol. The number of ether oxygens (including phenoxy) is 1. The Morgan fingerprint density at radius 2 is 1.69 bits per heavy atom. The summed E-state index contributed by atoms with van der Waals surface area (Å²) in [6, 6.07) is 15.1. The van der Waals surface area contributed by atoms with Crippen LogP contribution in [-0.4, -0.2) is 12.3 Å². The van der Waals surface area contributed by atoms with Crippen LogP contribution in [0.25, 0.3) is 0 Å². The number of fused-ring (bicyclic) bond motifs is 1. The summed E-state index contributed by atoms with van der Waals surface area (Å²) in [6.45, 7) is 9.08. The third-order valence-electron chi connectivity index (χ3n) is 5.03. The van der Waals surface area contributed by atoms with Crippen LogP contribution in [0.2, 0.25) is 0 Å². The Morgan fingerprint density at radius 1 is 0.962 bits per heavy atom. The van der Waals surface area contributed by atoms with Gasteiger partial charge in [-0.25, -0.2) is 0 Å². The Labute approximate surface area is 157 Å². The molecule has 0 amide bonds. The molecule has 0 heterocycles. The third-order valence-corrected chi connectivity index (χ3v) is 5.03. The van der Waals surface area contributed by atoms with Crippen molar-refractivity contribution in [3.05, 3.63) is 76.0 Å². The van der Waals surface area contributed by atoms with Crippen molar-refractivity contribution in [1.82, 2.24) is 0 Å². The molecule has 0 spiro atoms. The van der Waals surface area contributed by atoms with Crippen LogP contribution in [-0.2, 0) is 12.8 Å². The lowest BCUT2D eigenvalue weighted by Gasteiger charge is -2.11. The van der Waals surface area contributed by atoms with Crippen molar-refractivity contribution in [2.24, 2.45) is 4.99 Å². The molecule has 3 rings (SSSR count). The predicted octanol–water partition coefficient (Wildman–Crippen LogP) is 6.06. The summed E-state index contributed by atoms with van der Waals surface area (Å²) < 4.78 is 6.01. The maximum absolute atomic E-state index is 6.01. The summed E-state index contributed by atoms with van der Waals surface area (Å²) in [5.41, 5.74) is 8.80. The molecular formula is C24H29NO. The molecule has 136 valence electrons. The van der Waals surface area contributed by atoms with E-state index in [9.17, 15) is 0 Å². The molecule has 0 unspecified atom stereocenters. The molecule has 0 bridgehead atoms. The lowest BCUT2D eigenvalue weighted by molar-refractivity contribution is 0.320. The van der Waals surface area contributed by atoms with Gasteiger partial charge in [0.15, 0.2) is 0 Å². The van der Waals surface area contributed by atoms with Crippen molar-refractivity contribution >= 4 is 5.71 Å². The number of nitrogens with zero attached hydrogens (tertiary/aromatic N) is 1. The first kappa shape index (κ1) is 18.4. The van der Waals surface area contributed by atoms with E-state index < -0.39 is 0 Å². The molecule has 1 aliphatic carbocycles. The maximum Gasteiger partial charge on any atom is 0.119 e. The highest BCUT2D eigenvalue weighted by Crippen LogP contribution is 2.26. The fourth-order valence-electron chi connectivity index (χ4n) is 3.38. The molecule has 0 saturated carbocycles. The van der Waals surface area contributed by atoms with Crippen LogP contribution in [0.4, 0.5) is 0 Å². The standard InChI is InChI=1S/C24H29NO/c1-17(2)24(25-19(4)20-10-8-18(3)9-11-20)14-15-26-23-13-12-21-6-5-7-22(21)16-23/h8-13,16H,5-7,14-15H2,1-4H3.